The summed E-state index contributed by atoms with van der Waals surface area (Å²) in [6.45, 7) is 4.31. The Labute approximate surface area is 108 Å². The number of nitriles is 2. The molecule has 0 fully saturated rings. The average Bonchev–Trinajstić information content (AvgIpc) is 2.61. The maximum absolute atomic E-state index is 9.16. The van der Waals surface area contributed by atoms with Gasteiger partial charge in [0.1, 0.15) is 17.7 Å². The smallest absolute Gasteiger partial charge is 0.130 e. The molecule has 18 heavy (non-hydrogen) atoms. The van der Waals surface area contributed by atoms with Gasteiger partial charge in [0, 0.05) is 11.8 Å². The van der Waals surface area contributed by atoms with Crippen molar-refractivity contribution in [2.75, 3.05) is 0 Å². The molecular formula is C16H16N2. The molecule has 2 aliphatic carbocycles. The van der Waals surface area contributed by atoms with Crippen molar-refractivity contribution >= 4 is 0 Å². The Kier molecular flexibility index (Phi) is 3.49. The molecule has 0 N–H and O–H groups in total. The summed E-state index contributed by atoms with van der Waals surface area (Å²) in [7, 11) is 0. The minimum Gasteiger partial charge on any atom is -0.192 e. The Hall–Kier alpha value is -2.06. The van der Waals surface area contributed by atoms with Crippen LogP contribution in [0, 0.1) is 34.5 Å². The Morgan fingerprint density at radius 2 is 1.44 bits per heavy atom. The van der Waals surface area contributed by atoms with Crippen LogP contribution in [0.15, 0.2) is 46.6 Å². The highest BCUT2D eigenvalue weighted by molar-refractivity contribution is 5.47. The van der Waals surface area contributed by atoms with E-state index in [9.17, 15) is 0 Å². The summed E-state index contributed by atoms with van der Waals surface area (Å²) >= 11 is 0. The minimum atomic E-state index is 0.191. The standard InChI is InChI=1S/C16H16N2/c1-11-7-13-5-3-4-6-14(8-12(11)2)16(13)15(9-17)10-18/h3-6,13-14H,7-8H2,1-2H3/t13-,14+. The van der Waals surface area contributed by atoms with E-state index in [0.717, 1.165) is 18.4 Å². The molecule has 2 atom stereocenters. The summed E-state index contributed by atoms with van der Waals surface area (Å²) in [6, 6.07) is 4.13. The fraction of sp³-hybridized carbons (Fsp3) is 0.375. The van der Waals surface area contributed by atoms with Crippen molar-refractivity contribution in [1.82, 2.24) is 0 Å². The highest BCUT2D eigenvalue weighted by Crippen LogP contribution is 2.40. The van der Waals surface area contributed by atoms with Crippen LogP contribution in [0.25, 0.3) is 0 Å². The van der Waals surface area contributed by atoms with E-state index in [1.54, 1.807) is 0 Å². The lowest BCUT2D eigenvalue weighted by Crippen LogP contribution is -2.10. The molecule has 0 radical (unpaired) electrons. The van der Waals surface area contributed by atoms with Crippen LogP contribution in [0.4, 0.5) is 0 Å². The van der Waals surface area contributed by atoms with Crippen molar-refractivity contribution in [3.8, 4) is 12.1 Å². The van der Waals surface area contributed by atoms with Gasteiger partial charge in [-0.3, -0.25) is 0 Å². The average molecular weight is 236 g/mol. The van der Waals surface area contributed by atoms with Crippen molar-refractivity contribution in [3.05, 3.63) is 46.6 Å². The molecule has 0 saturated carbocycles. The number of allylic oxidation sites excluding steroid dienone is 8. The zero-order chi connectivity index (χ0) is 13.1. The van der Waals surface area contributed by atoms with Gasteiger partial charge >= 0.3 is 0 Å². The van der Waals surface area contributed by atoms with Crippen molar-refractivity contribution < 1.29 is 0 Å². The van der Waals surface area contributed by atoms with E-state index in [2.05, 4.69) is 38.1 Å². The topological polar surface area (TPSA) is 47.6 Å². The van der Waals surface area contributed by atoms with Gasteiger partial charge in [-0.2, -0.15) is 10.5 Å². The quantitative estimate of drug-likeness (QED) is 0.474. The van der Waals surface area contributed by atoms with Crippen LogP contribution < -0.4 is 0 Å². The predicted octanol–water partition coefficient (Wildman–Crippen LogP) is 3.82. The molecule has 0 saturated heterocycles. The number of rotatable bonds is 0. The first-order valence-electron chi connectivity index (χ1n) is 6.21. The molecule has 0 amide bonds. The zero-order valence-corrected chi connectivity index (χ0v) is 10.8. The van der Waals surface area contributed by atoms with Gasteiger partial charge in [0.2, 0.25) is 0 Å². The van der Waals surface area contributed by atoms with Gasteiger partial charge in [-0.25, -0.2) is 0 Å². The molecule has 2 bridgehead atoms. The lowest BCUT2D eigenvalue weighted by Gasteiger charge is -2.19. The maximum Gasteiger partial charge on any atom is 0.130 e. The first-order chi connectivity index (χ1) is 8.67. The third-order valence-electron chi connectivity index (χ3n) is 3.89. The molecule has 0 unspecified atom stereocenters. The largest absolute Gasteiger partial charge is 0.192 e. The molecule has 2 aliphatic rings. The third kappa shape index (κ3) is 2.15. The van der Waals surface area contributed by atoms with Gasteiger partial charge in [0.05, 0.1) is 0 Å². The molecule has 90 valence electrons. The Morgan fingerprint density at radius 3 is 1.83 bits per heavy atom. The summed E-state index contributed by atoms with van der Waals surface area (Å²) in [5.74, 6) is 0.383. The van der Waals surface area contributed by atoms with Crippen LogP contribution in [-0.2, 0) is 0 Å². The molecule has 0 heterocycles. The molecule has 2 heteroatoms. The summed E-state index contributed by atoms with van der Waals surface area (Å²) in [6.07, 6.45) is 10.1. The second-order valence-electron chi connectivity index (χ2n) is 5.01. The molecule has 0 aromatic heterocycles. The maximum atomic E-state index is 9.16. The van der Waals surface area contributed by atoms with Crippen molar-refractivity contribution in [3.63, 3.8) is 0 Å². The van der Waals surface area contributed by atoms with E-state index in [4.69, 9.17) is 10.5 Å². The van der Waals surface area contributed by atoms with E-state index in [-0.39, 0.29) is 11.8 Å². The summed E-state index contributed by atoms with van der Waals surface area (Å²) in [5, 5.41) is 18.3. The molecule has 0 aromatic rings. The molecule has 2 rings (SSSR count). The number of nitrogens with zero attached hydrogens (tertiary/aromatic N) is 2. The fourth-order valence-corrected chi connectivity index (χ4v) is 2.77. The fourth-order valence-electron chi connectivity index (χ4n) is 2.77. The van der Waals surface area contributed by atoms with Gasteiger partial charge in [0.25, 0.3) is 0 Å². The van der Waals surface area contributed by atoms with Gasteiger partial charge in [-0.15, -0.1) is 0 Å². The lowest BCUT2D eigenvalue weighted by molar-refractivity contribution is 0.652. The van der Waals surface area contributed by atoms with Crippen LogP contribution >= 0.6 is 0 Å². The third-order valence-corrected chi connectivity index (χ3v) is 3.89. The van der Waals surface area contributed by atoms with Gasteiger partial charge in [-0.05, 0) is 32.3 Å². The molecular weight excluding hydrogens is 220 g/mol. The Balaban J connectivity index is 2.60. The highest BCUT2D eigenvalue weighted by Gasteiger charge is 2.28. The molecule has 0 aliphatic heterocycles. The van der Waals surface area contributed by atoms with Crippen LogP contribution in [-0.4, -0.2) is 0 Å². The number of fused-ring (bicyclic) bond motifs is 2. The van der Waals surface area contributed by atoms with Crippen molar-refractivity contribution in [1.29, 1.82) is 10.5 Å². The first-order valence-corrected chi connectivity index (χ1v) is 6.21. The van der Waals surface area contributed by atoms with Crippen molar-refractivity contribution in [2.24, 2.45) is 11.8 Å². The van der Waals surface area contributed by atoms with E-state index in [1.165, 1.54) is 11.1 Å². The molecule has 2 nitrogen and oxygen atoms in total. The first kappa shape index (κ1) is 12.4. The SMILES string of the molecule is CC1=C(C)C[C@@H]2C=CC=C[C@H](C1)C2=C(C#N)C#N. The van der Waals surface area contributed by atoms with Crippen LogP contribution in [0.2, 0.25) is 0 Å². The number of hydrogen-bond acceptors (Lipinski definition) is 2. The van der Waals surface area contributed by atoms with Crippen LogP contribution in [0.3, 0.4) is 0 Å². The second kappa shape index (κ2) is 5.07. The second-order valence-corrected chi connectivity index (χ2v) is 5.01. The van der Waals surface area contributed by atoms with E-state index in [1.807, 2.05) is 12.2 Å². The lowest BCUT2D eigenvalue weighted by atomic mass is 9.83. The monoisotopic (exact) mass is 236 g/mol. The Morgan fingerprint density at radius 1 is 1.00 bits per heavy atom. The highest BCUT2D eigenvalue weighted by atomic mass is 14.4. The van der Waals surface area contributed by atoms with E-state index in [0.29, 0.717) is 5.57 Å². The van der Waals surface area contributed by atoms with Crippen LogP contribution in [0.1, 0.15) is 26.7 Å². The summed E-state index contributed by atoms with van der Waals surface area (Å²) in [5.41, 5.74) is 4.07. The normalized spacial score (nSPS) is 26.1. The minimum absolute atomic E-state index is 0.191. The predicted molar refractivity (Wildman–Crippen MR) is 71.1 cm³/mol. The number of hydrogen-bond donors (Lipinski definition) is 0. The van der Waals surface area contributed by atoms with E-state index < -0.39 is 0 Å². The van der Waals surface area contributed by atoms with E-state index >= 15 is 0 Å². The zero-order valence-electron chi connectivity index (χ0n) is 10.8. The summed E-state index contributed by atoms with van der Waals surface area (Å²) < 4.78 is 0. The van der Waals surface area contributed by atoms with Gasteiger partial charge in [-0.1, -0.05) is 35.5 Å². The van der Waals surface area contributed by atoms with Gasteiger partial charge < -0.3 is 0 Å². The van der Waals surface area contributed by atoms with Crippen molar-refractivity contribution in [2.45, 2.75) is 26.7 Å². The Bertz CT molecular complexity index is 511. The van der Waals surface area contributed by atoms with Gasteiger partial charge in [0.15, 0.2) is 0 Å². The molecule has 0 aromatic carbocycles. The summed E-state index contributed by atoms with van der Waals surface area (Å²) in [4.78, 5) is 0. The van der Waals surface area contributed by atoms with Crippen LogP contribution in [0.5, 0.6) is 0 Å². The molecule has 0 spiro atoms.